The van der Waals surface area contributed by atoms with Gasteiger partial charge in [-0.2, -0.15) is 0 Å². The van der Waals surface area contributed by atoms with Crippen molar-refractivity contribution in [2.24, 2.45) is 0 Å². The average Bonchev–Trinajstić information content (AvgIpc) is 2.66. The standard InChI is InChI=1S/C18H27NO4/c1-18(2,3)23-17(21)19-11-7-10-16(15(20)12-19)22-13-14-8-5-4-6-9-14/h4-6,8-9,15-16,20H,7,10-13H2,1-3H3/t15-,16+/m1/s1. The van der Waals surface area contributed by atoms with E-state index in [4.69, 9.17) is 9.47 Å². The van der Waals surface area contributed by atoms with Crippen molar-refractivity contribution < 1.29 is 19.4 Å². The number of aliphatic hydroxyl groups excluding tert-OH is 1. The average molecular weight is 321 g/mol. The number of carbonyl (C=O) groups excluding carboxylic acids is 1. The molecule has 1 aromatic rings. The van der Waals surface area contributed by atoms with Crippen LogP contribution in [0.5, 0.6) is 0 Å². The molecule has 5 nitrogen and oxygen atoms in total. The van der Waals surface area contributed by atoms with Crippen LogP contribution in [0.1, 0.15) is 39.2 Å². The summed E-state index contributed by atoms with van der Waals surface area (Å²) in [6, 6.07) is 9.88. The van der Waals surface area contributed by atoms with E-state index in [1.807, 2.05) is 51.1 Å². The lowest BCUT2D eigenvalue weighted by Gasteiger charge is -2.28. The van der Waals surface area contributed by atoms with Crippen molar-refractivity contribution in [1.82, 2.24) is 4.90 Å². The zero-order chi connectivity index (χ0) is 16.9. The van der Waals surface area contributed by atoms with Gasteiger partial charge in [-0.15, -0.1) is 0 Å². The Morgan fingerprint density at radius 3 is 2.65 bits per heavy atom. The van der Waals surface area contributed by atoms with Gasteiger partial charge in [-0.25, -0.2) is 4.79 Å². The summed E-state index contributed by atoms with van der Waals surface area (Å²) in [5.41, 5.74) is 0.547. The molecule has 0 bridgehead atoms. The molecule has 2 atom stereocenters. The van der Waals surface area contributed by atoms with Crippen molar-refractivity contribution in [3.63, 3.8) is 0 Å². The molecule has 0 unspecified atom stereocenters. The van der Waals surface area contributed by atoms with E-state index >= 15 is 0 Å². The molecule has 0 radical (unpaired) electrons. The van der Waals surface area contributed by atoms with E-state index in [0.29, 0.717) is 13.2 Å². The Hall–Kier alpha value is -1.59. The van der Waals surface area contributed by atoms with Gasteiger partial charge in [0.05, 0.1) is 25.4 Å². The molecule has 1 heterocycles. The first-order valence-electron chi connectivity index (χ1n) is 8.17. The van der Waals surface area contributed by atoms with Crippen molar-refractivity contribution in [2.45, 2.75) is 58.0 Å². The molecule has 2 rings (SSSR count). The summed E-state index contributed by atoms with van der Waals surface area (Å²) in [5, 5.41) is 10.4. The van der Waals surface area contributed by atoms with Gasteiger partial charge in [-0.05, 0) is 39.2 Å². The van der Waals surface area contributed by atoms with Gasteiger partial charge in [0.2, 0.25) is 0 Å². The minimum absolute atomic E-state index is 0.244. The monoisotopic (exact) mass is 321 g/mol. The maximum Gasteiger partial charge on any atom is 0.410 e. The maximum absolute atomic E-state index is 12.1. The van der Waals surface area contributed by atoms with Crippen LogP contribution in [0.25, 0.3) is 0 Å². The highest BCUT2D eigenvalue weighted by atomic mass is 16.6. The fourth-order valence-corrected chi connectivity index (χ4v) is 2.57. The molecule has 5 heteroatoms. The van der Waals surface area contributed by atoms with E-state index in [1.165, 1.54) is 0 Å². The second-order valence-corrected chi connectivity index (χ2v) is 6.97. The van der Waals surface area contributed by atoms with Crippen molar-refractivity contribution >= 4 is 6.09 Å². The van der Waals surface area contributed by atoms with E-state index in [9.17, 15) is 9.90 Å². The number of likely N-dealkylation sites (tertiary alicyclic amines) is 1. The third-order valence-electron chi connectivity index (χ3n) is 3.71. The second kappa shape index (κ2) is 7.79. The topological polar surface area (TPSA) is 59.0 Å². The number of hydrogen-bond acceptors (Lipinski definition) is 4. The number of β-amino-alcohol motifs (C(OH)–C–C–N with tert-alkyl or cyclic N) is 1. The molecule has 0 aromatic heterocycles. The molecule has 1 amide bonds. The molecule has 1 aliphatic heterocycles. The molecular formula is C18H27NO4. The highest BCUT2D eigenvalue weighted by molar-refractivity contribution is 5.68. The molecule has 1 aliphatic rings. The zero-order valence-corrected chi connectivity index (χ0v) is 14.2. The van der Waals surface area contributed by atoms with Crippen molar-refractivity contribution in [2.75, 3.05) is 13.1 Å². The predicted molar refractivity (Wildman–Crippen MR) is 88.1 cm³/mol. The third kappa shape index (κ3) is 5.84. The van der Waals surface area contributed by atoms with E-state index in [-0.39, 0.29) is 18.7 Å². The van der Waals surface area contributed by atoms with Crippen LogP contribution >= 0.6 is 0 Å². The van der Waals surface area contributed by atoms with Gasteiger partial charge in [-0.1, -0.05) is 30.3 Å². The van der Waals surface area contributed by atoms with Crippen LogP contribution in [0.4, 0.5) is 4.79 Å². The van der Waals surface area contributed by atoms with Crippen molar-refractivity contribution in [3.8, 4) is 0 Å². The summed E-state index contributed by atoms with van der Waals surface area (Å²) >= 11 is 0. The zero-order valence-electron chi connectivity index (χ0n) is 14.2. The Morgan fingerprint density at radius 1 is 1.30 bits per heavy atom. The molecule has 0 spiro atoms. The largest absolute Gasteiger partial charge is 0.444 e. The number of nitrogens with zero attached hydrogens (tertiary/aromatic N) is 1. The first-order valence-corrected chi connectivity index (χ1v) is 8.17. The highest BCUT2D eigenvalue weighted by Crippen LogP contribution is 2.19. The van der Waals surface area contributed by atoms with Gasteiger partial charge in [0.1, 0.15) is 5.60 Å². The number of amides is 1. The summed E-state index contributed by atoms with van der Waals surface area (Å²) in [7, 11) is 0. The number of benzene rings is 1. The lowest BCUT2D eigenvalue weighted by molar-refractivity contribution is -0.0522. The molecule has 1 N–H and O–H groups in total. The first-order chi connectivity index (χ1) is 10.8. The summed E-state index contributed by atoms with van der Waals surface area (Å²) < 4.78 is 11.2. The summed E-state index contributed by atoms with van der Waals surface area (Å²) in [4.78, 5) is 13.7. The molecule has 1 saturated heterocycles. The Labute approximate surface area is 138 Å². The van der Waals surface area contributed by atoms with E-state index < -0.39 is 11.7 Å². The van der Waals surface area contributed by atoms with Crippen molar-refractivity contribution in [3.05, 3.63) is 35.9 Å². The van der Waals surface area contributed by atoms with Gasteiger partial charge >= 0.3 is 6.09 Å². The van der Waals surface area contributed by atoms with Crippen LogP contribution in [-0.2, 0) is 16.1 Å². The lowest BCUT2D eigenvalue weighted by atomic mass is 10.1. The van der Waals surface area contributed by atoms with Crippen LogP contribution < -0.4 is 0 Å². The van der Waals surface area contributed by atoms with E-state index in [1.54, 1.807) is 4.90 Å². The fraction of sp³-hybridized carbons (Fsp3) is 0.611. The molecule has 0 saturated carbocycles. The maximum atomic E-state index is 12.1. The molecule has 23 heavy (non-hydrogen) atoms. The normalized spacial score (nSPS) is 22.5. The number of carbonyl (C=O) groups is 1. The number of aliphatic hydroxyl groups is 1. The fourth-order valence-electron chi connectivity index (χ4n) is 2.57. The summed E-state index contributed by atoms with van der Waals surface area (Å²) in [6.07, 6.45) is 0.180. The number of rotatable bonds is 3. The van der Waals surface area contributed by atoms with E-state index in [2.05, 4.69) is 0 Å². The first kappa shape index (κ1) is 17.8. The van der Waals surface area contributed by atoms with Gasteiger partial charge in [-0.3, -0.25) is 0 Å². The Morgan fingerprint density at radius 2 is 2.00 bits per heavy atom. The Balaban J connectivity index is 1.88. The molecule has 1 aromatic carbocycles. The van der Waals surface area contributed by atoms with Crippen molar-refractivity contribution in [1.29, 1.82) is 0 Å². The smallest absolute Gasteiger partial charge is 0.410 e. The van der Waals surface area contributed by atoms with Gasteiger partial charge in [0.15, 0.2) is 0 Å². The van der Waals surface area contributed by atoms with Crippen LogP contribution in [0.15, 0.2) is 30.3 Å². The third-order valence-corrected chi connectivity index (χ3v) is 3.71. The Kier molecular flexibility index (Phi) is 6.02. The van der Waals surface area contributed by atoms with Gasteiger partial charge in [0, 0.05) is 6.54 Å². The Bertz CT molecular complexity index is 497. The van der Waals surface area contributed by atoms with Crippen LogP contribution in [0.2, 0.25) is 0 Å². The lowest BCUT2D eigenvalue weighted by Crippen LogP contribution is -2.42. The second-order valence-electron chi connectivity index (χ2n) is 6.97. The molecular weight excluding hydrogens is 294 g/mol. The predicted octanol–water partition coefficient (Wildman–Crippen LogP) is 2.96. The number of hydrogen-bond donors (Lipinski definition) is 1. The summed E-state index contributed by atoms with van der Waals surface area (Å²) in [6.45, 7) is 6.81. The molecule has 0 aliphatic carbocycles. The van der Waals surface area contributed by atoms with E-state index in [0.717, 1.165) is 18.4 Å². The highest BCUT2D eigenvalue weighted by Gasteiger charge is 2.30. The van der Waals surface area contributed by atoms with Gasteiger partial charge < -0.3 is 19.5 Å². The van der Waals surface area contributed by atoms with Gasteiger partial charge in [0.25, 0.3) is 0 Å². The SMILES string of the molecule is CC(C)(C)OC(=O)N1CCC[C@H](OCc2ccccc2)[C@H](O)C1. The quantitative estimate of drug-likeness (QED) is 0.930. The molecule has 1 fully saturated rings. The van der Waals surface area contributed by atoms with Crippen LogP contribution in [-0.4, -0.2) is 47.0 Å². The summed E-state index contributed by atoms with van der Waals surface area (Å²) in [5.74, 6) is 0. The number of ether oxygens (including phenoxy) is 2. The van der Waals surface area contributed by atoms with Crippen LogP contribution in [0.3, 0.4) is 0 Å². The minimum Gasteiger partial charge on any atom is -0.444 e. The van der Waals surface area contributed by atoms with Crippen LogP contribution in [0, 0.1) is 0 Å². The minimum atomic E-state index is -0.700. The molecule has 128 valence electrons.